The van der Waals surface area contributed by atoms with E-state index in [1.54, 1.807) is 12.4 Å². The van der Waals surface area contributed by atoms with Gasteiger partial charge in [0.25, 0.3) is 5.56 Å². The molecule has 102 valence electrons. The molecule has 0 aliphatic rings. The monoisotopic (exact) mass is 288 g/mol. The predicted octanol–water partition coefficient (Wildman–Crippen LogP) is 2.17. The highest BCUT2D eigenvalue weighted by molar-refractivity contribution is 6.18. The predicted molar refractivity (Wildman–Crippen MR) is 78.2 cm³/mol. The van der Waals surface area contributed by atoms with Crippen LogP contribution < -0.4 is 5.56 Å². The summed E-state index contributed by atoms with van der Waals surface area (Å²) in [6.07, 6.45) is 3.96. The van der Waals surface area contributed by atoms with Crippen molar-refractivity contribution in [2.24, 2.45) is 0 Å². The van der Waals surface area contributed by atoms with Crippen LogP contribution in [-0.4, -0.2) is 25.5 Å². The van der Waals surface area contributed by atoms with Crippen molar-refractivity contribution in [3.63, 3.8) is 0 Å². The Morgan fingerprint density at radius 3 is 3.00 bits per heavy atom. The van der Waals surface area contributed by atoms with E-state index in [0.717, 1.165) is 17.0 Å². The number of H-pyrrole nitrogens is 1. The van der Waals surface area contributed by atoms with Gasteiger partial charge in [-0.05, 0) is 25.5 Å². The second-order valence-electron chi connectivity index (χ2n) is 4.53. The van der Waals surface area contributed by atoms with E-state index in [9.17, 15) is 4.79 Å². The summed E-state index contributed by atoms with van der Waals surface area (Å²) in [6.45, 7) is 1.83. The van der Waals surface area contributed by atoms with Crippen LogP contribution in [0.1, 0.15) is 11.3 Å². The Morgan fingerprint density at radius 2 is 2.30 bits per heavy atom. The Morgan fingerprint density at radius 1 is 1.45 bits per heavy atom. The van der Waals surface area contributed by atoms with E-state index in [0.29, 0.717) is 23.5 Å². The number of pyridine rings is 1. The first-order valence-corrected chi connectivity index (χ1v) is 6.82. The molecule has 1 N–H and O–H groups in total. The third kappa shape index (κ3) is 2.10. The van der Waals surface area contributed by atoms with Crippen LogP contribution in [-0.2, 0) is 6.42 Å². The molecule has 3 aromatic heterocycles. The van der Waals surface area contributed by atoms with Crippen molar-refractivity contribution in [1.82, 2.24) is 19.6 Å². The number of halogens is 1. The van der Waals surface area contributed by atoms with Gasteiger partial charge in [0, 0.05) is 41.2 Å². The van der Waals surface area contributed by atoms with Crippen LogP contribution in [0.25, 0.3) is 16.9 Å². The number of fused-ring (bicyclic) bond motifs is 1. The number of nitrogens with one attached hydrogen (secondary N) is 1. The number of nitrogens with zero attached hydrogens (tertiary/aromatic N) is 3. The minimum atomic E-state index is -0.0942. The normalized spacial score (nSPS) is 11.1. The number of aromatic nitrogens is 4. The van der Waals surface area contributed by atoms with E-state index in [1.165, 1.54) is 4.52 Å². The molecule has 5 nitrogen and oxygen atoms in total. The first-order chi connectivity index (χ1) is 9.70. The summed E-state index contributed by atoms with van der Waals surface area (Å²) in [5.41, 5.74) is 3.61. The molecule has 0 amide bonds. The molecular formula is C14H13ClN4O. The molecule has 20 heavy (non-hydrogen) atoms. The highest BCUT2D eigenvalue weighted by Crippen LogP contribution is 2.17. The quantitative estimate of drug-likeness (QED) is 0.751. The molecule has 0 saturated carbocycles. The second-order valence-corrected chi connectivity index (χ2v) is 4.90. The van der Waals surface area contributed by atoms with Gasteiger partial charge in [0.2, 0.25) is 0 Å². The third-order valence-corrected chi connectivity index (χ3v) is 3.42. The molecular weight excluding hydrogens is 276 g/mol. The van der Waals surface area contributed by atoms with Crippen molar-refractivity contribution < 1.29 is 0 Å². The maximum Gasteiger partial charge on any atom is 0.276 e. The fraction of sp³-hybridized carbons (Fsp3) is 0.214. The highest BCUT2D eigenvalue weighted by atomic mass is 35.5. The number of hydrogen-bond donors (Lipinski definition) is 1. The Kier molecular flexibility index (Phi) is 3.28. The average Bonchev–Trinajstić information content (AvgIpc) is 2.88. The van der Waals surface area contributed by atoms with Gasteiger partial charge in [-0.1, -0.05) is 0 Å². The fourth-order valence-corrected chi connectivity index (χ4v) is 2.41. The van der Waals surface area contributed by atoms with Gasteiger partial charge in [-0.25, -0.2) is 9.50 Å². The molecule has 0 fully saturated rings. The minimum Gasteiger partial charge on any atom is -0.289 e. The largest absolute Gasteiger partial charge is 0.289 e. The van der Waals surface area contributed by atoms with Gasteiger partial charge < -0.3 is 0 Å². The van der Waals surface area contributed by atoms with E-state index in [-0.39, 0.29) is 5.56 Å². The van der Waals surface area contributed by atoms with Gasteiger partial charge in [-0.15, -0.1) is 11.6 Å². The first-order valence-electron chi connectivity index (χ1n) is 6.28. The molecule has 0 aliphatic carbocycles. The lowest BCUT2D eigenvalue weighted by Gasteiger charge is -2.02. The fourth-order valence-electron chi connectivity index (χ4n) is 2.22. The van der Waals surface area contributed by atoms with Crippen LogP contribution in [0, 0.1) is 6.92 Å². The molecule has 3 aromatic rings. The third-order valence-electron chi connectivity index (χ3n) is 3.23. The molecule has 3 rings (SSSR count). The highest BCUT2D eigenvalue weighted by Gasteiger charge is 2.12. The van der Waals surface area contributed by atoms with E-state index in [4.69, 9.17) is 11.6 Å². The van der Waals surface area contributed by atoms with Gasteiger partial charge >= 0.3 is 0 Å². The molecule has 0 aliphatic heterocycles. The van der Waals surface area contributed by atoms with Crippen LogP contribution in [0.5, 0.6) is 0 Å². The topological polar surface area (TPSA) is 63.1 Å². The summed E-state index contributed by atoms with van der Waals surface area (Å²) < 4.78 is 1.46. The van der Waals surface area contributed by atoms with Crippen LogP contribution in [0.2, 0.25) is 0 Å². The summed E-state index contributed by atoms with van der Waals surface area (Å²) in [5.74, 6) is 0.403. The van der Waals surface area contributed by atoms with E-state index in [2.05, 4.69) is 15.1 Å². The van der Waals surface area contributed by atoms with Crippen LogP contribution in [0.4, 0.5) is 0 Å². The second kappa shape index (κ2) is 5.09. The van der Waals surface area contributed by atoms with Crippen molar-refractivity contribution in [1.29, 1.82) is 0 Å². The van der Waals surface area contributed by atoms with Crippen LogP contribution in [0.3, 0.4) is 0 Å². The average molecular weight is 289 g/mol. The molecule has 0 radical (unpaired) electrons. The van der Waals surface area contributed by atoms with Crippen molar-refractivity contribution in [3.05, 3.63) is 52.2 Å². The zero-order chi connectivity index (χ0) is 14.1. The molecule has 0 spiro atoms. The maximum atomic E-state index is 12.4. The Balaban J connectivity index is 2.22. The van der Waals surface area contributed by atoms with Crippen LogP contribution in [0.15, 0.2) is 35.4 Å². The molecule has 3 heterocycles. The number of alkyl halides is 1. The van der Waals surface area contributed by atoms with Gasteiger partial charge in [0.1, 0.15) is 0 Å². The van der Waals surface area contributed by atoms with Gasteiger partial charge in [-0.3, -0.25) is 14.9 Å². The summed E-state index contributed by atoms with van der Waals surface area (Å²) in [5, 5.41) is 3.06. The Labute approximate surface area is 120 Å². The smallest absolute Gasteiger partial charge is 0.276 e. The lowest BCUT2D eigenvalue weighted by molar-refractivity contribution is 0.857. The number of aryl methyl sites for hydroxylation is 1. The molecule has 0 atom stereocenters. The van der Waals surface area contributed by atoms with Crippen LogP contribution >= 0.6 is 11.6 Å². The first kappa shape index (κ1) is 12.9. The standard InChI is InChI=1S/C14H13ClN4O/c1-9-11(4-5-15)14(20)19-13(17-9)7-12(18-19)10-3-2-6-16-8-10/h2-3,6-8,18H,4-5H2,1H3. The summed E-state index contributed by atoms with van der Waals surface area (Å²) in [4.78, 5) is 20.9. The maximum absolute atomic E-state index is 12.4. The SMILES string of the molecule is Cc1nc2cc(-c3cccnc3)[nH]n2c(=O)c1CCCl. The zero-order valence-corrected chi connectivity index (χ0v) is 11.7. The van der Waals surface area contributed by atoms with E-state index in [1.807, 2.05) is 25.1 Å². The van der Waals surface area contributed by atoms with Crippen molar-refractivity contribution in [3.8, 4) is 11.3 Å². The van der Waals surface area contributed by atoms with Gasteiger partial charge in [0.15, 0.2) is 5.65 Å². The van der Waals surface area contributed by atoms with E-state index < -0.39 is 0 Å². The molecule has 0 bridgehead atoms. The Hall–Kier alpha value is -2.14. The van der Waals surface area contributed by atoms with Crippen molar-refractivity contribution >= 4 is 17.2 Å². The summed E-state index contributed by atoms with van der Waals surface area (Å²) >= 11 is 5.74. The van der Waals surface area contributed by atoms with Crippen molar-refractivity contribution in [2.45, 2.75) is 13.3 Å². The Bertz CT molecular complexity index is 807. The van der Waals surface area contributed by atoms with Crippen molar-refractivity contribution in [2.75, 3.05) is 5.88 Å². The summed E-state index contributed by atoms with van der Waals surface area (Å²) in [7, 11) is 0. The minimum absolute atomic E-state index is 0.0942. The molecule has 6 heteroatoms. The molecule has 0 aromatic carbocycles. The summed E-state index contributed by atoms with van der Waals surface area (Å²) in [6, 6.07) is 5.62. The molecule has 0 saturated heterocycles. The van der Waals surface area contributed by atoms with E-state index >= 15 is 0 Å². The zero-order valence-electron chi connectivity index (χ0n) is 10.9. The molecule has 0 unspecified atom stereocenters. The lowest BCUT2D eigenvalue weighted by atomic mass is 10.2. The van der Waals surface area contributed by atoms with Gasteiger partial charge in [-0.2, -0.15) is 0 Å². The lowest BCUT2D eigenvalue weighted by Crippen LogP contribution is -2.22. The number of rotatable bonds is 3. The van der Waals surface area contributed by atoms with Gasteiger partial charge in [0.05, 0.1) is 5.69 Å². The number of hydrogen-bond acceptors (Lipinski definition) is 3. The number of aromatic amines is 1.